The van der Waals surface area contributed by atoms with Gasteiger partial charge in [-0.05, 0) is 38.0 Å². The number of aromatic nitrogens is 1. The first-order valence-electron chi connectivity index (χ1n) is 6.04. The van der Waals surface area contributed by atoms with Crippen LogP contribution in [-0.4, -0.2) is 17.6 Å². The largest absolute Gasteiger partial charge is 0.462 e. The Bertz CT molecular complexity index is 620. The first kappa shape index (κ1) is 13.5. The van der Waals surface area contributed by atoms with E-state index in [1.807, 2.05) is 32.0 Å². The Morgan fingerprint density at radius 3 is 2.74 bits per heavy atom. The van der Waals surface area contributed by atoms with E-state index in [0.29, 0.717) is 22.3 Å². The zero-order valence-electron chi connectivity index (χ0n) is 11.2. The quantitative estimate of drug-likeness (QED) is 0.874. The van der Waals surface area contributed by atoms with E-state index in [1.165, 1.54) is 5.56 Å². The molecule has 0 fully saturated rings. The van der Waals surface area contributed by atoms with Crippen LogP contribution in [0.15, 0.2) is 18.2 Å². The number of benzene rings is 1. The van der Waals surface area contributed by atoms with Crippen LogP contribution in [0.2, 0.25) is 0 Å². The van der Waals surface area contributed by atoms with Gasteiger partial charge in [-0.1, -0.05) is 23.5 Å². The maximum Gasteiger partial charge on any atom is 0.350 e. The molecule has 0 saturated heterocycles. The Kier molecular flexibility index (Phi) is 3.85. The summed E-state index contributed by atoms with van der Waals surface area (Å²) < 4.78 is 5.03. The van der Waals surface area contributed by atoms with Gasteiger partial charge in [-0.2, -0.15) is 0 Å². The van der Waals surface area contributed by atoms with E-state index in [0.717, 1.165) is 22.5 Å². The molecule has 2 rings (SSSR count). The minimum atomic E-state index is -0.370. The van der Waals surface area contributed by atoms with Crippen molar-refractivity contribution >= 4 is 22.4 Å². The minimum Gasteiger partial charge on any atom is -0.462 e. The molecule has 4 nitrogen and oxygen atoms in total. The number of hydrogen-bond acceptors (Lipinski definition) is 5. The number of rotatable bonds is 3. The van der Waals surface area contributed by atoms with Crippen LogP contribution in [0.4, 0.5) is 5.13 Å². The highest BCUT2D eigenvalue weighted by Gasteiger charge is 2.19. The molecule has 0 bridgehead atoms. The van der Waals surface area contributed by atoms with Gasteiger partial charge in [-0.25, -0.2) is 9.78 Å². The average molecular weight is 276 g/mol. The van der Waals surface area contributed by atoms with Crippen LogP contribution < -0.4 is 5.73 Å². The molecule has 2 aromatic rings. The molecule has 0 amide bonds. The molecule has 0 spiro atoms. The predicted molar refractivity (Wildman–Crippen MR) is 77.4 cm³/mol. The summed E-state index contributed by atoms with van der Waals surface area (Å²) in [5.41, 5.74) is 9.56. The minimum absolute atomic E-state index is 0.336. The first-order valence-corrected chi connectivity index (χ1v) is 6.85. The molecular weight excluding hydrogens is 260 g/mol. The summed E-state index contributed by atoms with van der Waals surface area (Å²) in [7, 11) is 0. The fourth-order valence-electron chi connectivity index (χ4n) is 1.76. The van der Waals surface area contributed by atoms with Crippen molar-refractivity contribution < 1.29 is 9.53 Å². The fourth-order valence-corrected chi connectivity index (χ4v) is 2.50. The second-order valence-corrected chi connectivity index (χ2v) is 5.28. The van der Waals surface area contributed by atoms with Gasteiger partial charge in [0.15, 0.2) is 5.13 Å². The van der Waals surface area contributed by atoms with Crippen LogP contribution in [-0.2, 0) is 4.74 Å². The second-order valence-electron chi connectivity index (χ2n) is 4.25. The van der Waals surface area contributed by atoms with Crippen LogP contribution in [0.5, 0.6) is 0 Å². The highest BCUT2D eigenvalue weighted by molar-refractivity contribution is 7.17. The van der Waals surface area contributed by atoms with E-state index >= 15 is 0 Å². The summed E-state index contributed by atoms with van der Waals surface area (Å²) in [5.74, 6) is -0.370. The molecule has 0 aliphatic heterocycles. The van der Waals surface area contributed by atoms with Crippen molar-refractivity contribution in [2.45, 2.75) is 20.8 Å². The Balaban J connectivity index is 2.49. The van der Waals surface area contributed by atoms with Gasteiger partial charge in [-0.15, -0.1) is 0 Å². The topological polar surface area (TPSA) is 65.2 Å². The molecule has 0 aliphatic carbocycles. The highest BCUT2D eigenvalue weighted by Crippen LogP contribution is 2.31. The monoisotopic (exact) mass is 276 g/mol. The Morgan fingerprint density at radius 2 is 2.11 bits per heavy atom. The fraction of sp³-hybridized carbons (Fsp3) is 0.286. The number of nitrogen functional groups attached to an aromatic ring is 1. The van der Waals surface area contributed by atoms with Crippen molar-refractivity contribution in [2.24, 2.45) is 0 Å². The molecule has 0 radical (unpaired) electrons. The van der Waals surface area contributed by atoms with Crippen LogP contribution >= 0.6 is 11.3 Å². The van der Waals surface area contributed by atoms with Crippen molar-refractivity contribution in [2.75, 3.05) is 12.3 Å². The lowest BCUT2D eigenvalue weighted by Crippen LogP contribution is -2.04. The van der Waals surface area contributed by atoms with E-state index in [4.69, 9.17) is 10.5 Å². The number of ether oxygens (including phenoxy) is 1. The van der Waals surface area contributed by atoms with Crippen LogP contribution in [0.1, 0.15) is 27.7 Å². The molecule has 100 valence electrons. The summed E-state index contributed by atoms with van der Waals surface area (Å²) >= 11 is 1.16. The van der Waals surface area contributed by atoms with Gasteiger partial charge >= 0.3 is 5.97 Å². The molecule has 0 unspecified atom stereocenters. The lowest BCUT2D eigenvalue weighted by molar-refractivity contribution is 0.0532. The van der Waals surface area contributed by atoms with E-state index in [1.54, 1.807) is 6.92 Å². The van der Waals surface area contributed by atoms with Crippen LogP contribution in [0.3, 0.4) is 0 Å². The molecule has 1 aromatic heterocycles. The smallest absolute Gasteiger partial charge is 0.350 e. The number of hydrogen-bond donors (Lipinski definition) is 1. The van der Waals surface area contributed by atoms with Gasteiger partial charge < -0.3 is 10.5 Å². The second kappa shape index (κ2) is 5.40. The van der Waals surface area contributed by atoms with Crippen LogP contribution in [0, 0.1) is 13.8 Å². The number of esters is 1. The number of aryl methyl sites for hydroxylation is 2. The Hall–Kier alpha value is -1.88. The van der Waals surface area contributed by atoms with Gasteiger partial charge in [0.05, 0.1) is 12.3 Å². The van der Waals surface area contributed by atoms with Crippen molar-refractivity contribution in [1.29, 1.82) is 0 Å². The number of nitrogens with zero attached hydrogens (tertiary/aromatic N) is 1. The predicted octanol–water partition coefficient (Wildman–Crippen LogP) is 3.19. The van der Waals surface area contributed by atoms with Gasteiger partial charge in [0, 0.05) is 5.56 Å². The third kappa shape index (κ3) is 2.76. The van der Waals surface area contributed by atoms with E-state index < -0.39 is 0 Å². The normalized spacial score (nSPS) is 10.5. The summed E-state index contributed by atoms with van der Waals surface area (Å²) in [6, 6.07) is 5.96. The van der Waals surface area contributed by atoms with Crippen molar-refractivity contribution in [3.8, 4) is 11.3 Å². The number of carbonyl (C=O) groups is 1. The van der Waals surface area contributed by atoms with Gasteiger partial charge in [-0.3, -0.25) is 0 Å². The van der Waals surface area contributed by atoms with Crippen molar-refractivity contribution in [3.05, 3.63) is 34.2 Å². The maximum atomic E-state index is 11.9. The molecular formula is C14H16N2O2S. The Labute approximate surface area is 116 Å². The lowest BCUT2D eigenvalue weighted by Gasteiger charge is -2.05. The van der Waals surface area contributed by atoms with E-state index in [-0.39, 0.29) is 5.97 Å². The summed E-state index contributed by atoms with van der Waals surface area (Å²) in [4.78, 5) is 16.6. The molecule has 1 heterocycles. The molecule has 19 heavy (non-hydrogen) atoms. The van der Waals surface area contributed by atoms with Gasteiger partial charge in [0.1, 0.15) is 4.88 Å². The first-order chi connectivity index (χ1) is 9.02. The average Bonchev–Trinajstić information content (AvgIpc) is 2.75. The van der Waals surface area contributed by atoms with Crippen molar-refractivity contribution in [1.82, 2.24) is 4.98 Å². The highest BCUT2D eigenvalue weighted by atomic mass is 32.1. The molecule has 5 heteroatoms. The van der Waals surface area contributed by atoms with Gasteiger partial charge in [0.2, 0.25) is 0 Å². The summed E-state index contributed by atoms with van der Waals surface area (Å²) in [6.07, 6.45) is 0. The lowest BCUT2D eigenvalue weighted by atomic mass is 10.0. The molecule has 2 N–H and O–H groups in total. The molecule has 0 saturated carbocycles. The van der Waals surface area contributed by atoms with Crippen LogP contribution in [0.25, 0.3) is 11.3 Å². The molecule has 1 aromatic carbocycles. The summed E-state index contributed by atoms with van der Waals surface area (Å²) in [5, 5.41) is 0.372. The van der Waals surface area contributed by atoms with E-state index in [2.05, 4.69) is 4.98 Å². The standard InChI is InChI=1S/C14H16N2O2S/c1-4-18-13(17)12-11(16-14(15)19-12)10-6-5-8(2)9(3)7-10/h5-7H,4H2,1-3H3,(H2,15,16). The zero-order chi connectivity index (χ0) is 14.0. The molecule has 0 aliphatic rings. The SMILES string of the molecule is CCOC(=O)c1sc(N)nc1-c1ccc(C)c(C)c1. The van der Waals surface area contributed by atoms with Crippen molar-refractivity contribution in [3.63, 3.8) is 0 Å². The third-order valence-electron chi connectivity index (χ3n) is 2.88. The third-order valence-corrected chi connectivity index (χ3v) is 3.75. The maximum absolute atomic E-state index is 11.9. The zero-order valence-corrected chi connectivity index (χ0v) is 12.0. The number of carbonyl (C=O) groups excluding carboxylic acids is 1. The van der Waals surface area contributed by atoms with E-state index in [9.17, 15) is 4.79 Å². The number of thiazole rings is 1. The van der Waals surface area contributed by atoms with Gasteiger partial charge in [0.25, 0.3) is 0 Å². The number of anilines is 1. The molecule has 0 atom stereocenters. The Morgan fingerprint density at radius 1 is 1.37 bits per heavy atom. The summed E-state index contributed by atoms with van der Waals surface area (Å²) in [6.45, 7) is 6.18. The number of nitrogens with two attached hydrogens (primary N) is 1.